The van der Waals surface area contributed by atoms with E-state index in [0.717, 1.165) is 12.2 Å². The Morgan fingerprint density at radius 3 is 1.50 bits per heavy atom. The molecule has 0 bridgehead atoms. The van der Waals surface area contributed by atoms with Gasteiger partial charge in [0.2, 0.25) is 0 Å². The normalized spacial score (nSPS) is 11.0. The van der Waals surface area contributed by atoms with Gasteiger partial charge in [0.1, 0.15) is 0 Å². The summed E-state index contributed by atoms with van der Waals surface area (Å²) in [5, 5.41) is 12.1. The maximum atomic E-state index is 12.1. The first kappa shape index (κ1) is 30.2. The number of benzene rings is 1. The van der Waals surface area contributed by atoms with Crippen molar-refractivity contribution in [2.24, 2.45) is 0 Å². The molecule has 1 aromatic carbocycles. The van der Waals surface area contributed by atoms with Crippen LogP contribution in [0.2, 0.25) is 0 Å². The first-order chi connectivity index (χ1) is 16.6. The number of anilines is 1. The van der Waals surface area contributed by atoms with Crippen LogP contribution in [0.15, 0.2) is 24.3 Å². The topological polar surface area (TPSA) is 66.4 Å². The number of nitrogens with one attached hydrogen (secondary N) is 1. The third-order valence-corrected chi connectivity index (χ3v) is 6.61. The molecule has 34 heavy (non-hydrogen) atoms. The Hall–Kier alpha value is -1.84. The molecule has 2 N–H and O–H groups in total. The smallest absolute Gasteiger partial charge is 0.303 e. The highest BCUT2D eigenvalue weighted by atomic mass is 16.4. The van der Waals surface area contributed by atoms with Crippen LogP contribution in [0.1, 0.15) is 146 Å². The third-order valence-electron chi connectivity index (χ3n) is 6.61. The van der Waals surface area contributed by atoms with Crippen LogP contribution in [0.5, 0.6) is 0 Å². The van der Waals surface area contributed by atoms with Crippen LogP contribution in [0, 0.1) is 0 Å². The van der Waals surface area contributed by atoms with E-state index in [4.69, 9.17) is 5.11 Å². The lowest BCUT2D eigenvalue weighted by atomic mass is 10.0. The van der Waals surface area contributed by atoms with Gasteiger partial charge in [-0.2, -0.15) is 0 Å². The third kappa shape index (κ3) is 17.6. The van der Waals surface area contributed by atoms with E-state index in [-0.39, 0.29) is 12.2 Å². The molecule has 0 fully saturated rings. The van der Waals surface area contributed by atoms with Gasteiger partial charge in [-0.15, -0.1) is 0 Å². The number of carbonyl (C=O) groups is 2. The first-order valence-corrected chi connectivity index (χ1v) is 14.2. The molecular formula is C30H51NO3. The number of carboxylic acid groups (broad SMARTS) is 1. The molecule has 0 radical (unpaired) electrons. The minimum atomic E-state index is -0.850. The maximum absolute atomic E-state index is 12.1. The lowest BCUT2D eigenvalue weighted by Crippen LogP contribution is -2.04. The predicted octanol–water partition coefficient (Wildman–Crippen LogP) is 9.19. The zero-order valence-corrected chi connectivity index (χ0v) is 21.9. The number of carbonyl (C=O) groups excluding carboxylic acids is 1. The zero-order valence-electron chi connectivity index (χ0n) is 21.9. The summed E-state index contributed by atoms with van der Waals surface area (Å²) < 4.78 is 0. The summed E-state index contributed by atoms with van der Waals surface area (Å²) in [6.07, 6.45) is 24.3. The van der Waals surface area contributed by atoms with Crippen LogP contribution in [0.25, 0.3) is 0 Å². The highest BCUT2D eigenvalue weighted by Crippen LogP contribution is 2.15. The monoisotopic (exact) mass is 473 g/mol. The SMILES string of the molecule is CCCCCCCCCCCCCCCCCCCNc1ccc(C(=O)CCCC(=O)O)cc1. The largest absolute Gasteiger partial charge is 0.481 e. The minimum absolute atomic E-state index is 0.0148. The van der Waals surface area contributed by atoms with E-state index in [1.54, 1.807) is 0 Å². The van der Waals surface area contributed by atoms with Gasteiger partial charge in [0.25, 0.3) is 0 Å². The summed E-state index contributed by atoms with van der Waals surface area (Å²) in [4.78, 5) is 22.6. The van der Waals surface area contributed by atoms with Crippen molar-refractivity contribution >= 4 is 17.4 Å². The van der Waals surface area contributed by atoms with E-state index in [1.165, 1.54) is 109 Å². The first-order valence-electron chi connectivity index (χ1n) is 14.2. The van der Waals surface area contributed by atoms with Gasteiger partial charge < -0.3 is 10.4 Å². The van der Waals surface area contributed by atoms with Crippen LogP contribution in [0.3, 0.4) is 0 Å². The van der Waals surface area contributed by atoms with Gasteiger partial charge in [-0.1, -0.05) is 110 Å². The highest BCUT2D eigenvalue weighted by Gasteiger charge is 2.07. The fourth-order valence-corrected chi connectivity index (χ4v) is 4.40. The molecule has 194 valence electrons. The number of unbranched alkanes of at least 4 members (excludes halogenated alkanes) is 16. The average Bonchev–Trinajstić information content (AvgIpc) is 2.83. The lowest BCUT2D eigenvalue weighted by molar-refractivity contribution is -0.137. The Labute approximate surface area is 209 Å². The standard InChI is InChI=1S/C30H51NO3/c1-2-3-4-5-6-7-8-9-10-11-12-13-14-15-16-17-18-26-31-28-24-22-27(23-25-28)29(32)20-19-21-30(33)34/h22-25,31H,2-21,26H2,1H3,(H,33,34). The molecule has 0 saturated carbocycles. The van der Waals surface area contributed by atoms with Crippen LogP contribution >= 0.6 is 0 Å². The van der Waals surface area contributed by atoms with Crippen molar-refractivity contribution in [2.75, 3.05) is 11.9 Å². The number of ketones is 1. The molecule has 1 aromatic rings. The van der Waals surface area contributed by atoms with Gasteiger partial charge in [0.05, 0.1) is 0 Å². The molecule has 0 heterocycles. The van der Waals surface area contributed by atoms with Gasteiger partial charge in [0, 0.05) is 30.6 Å². The van der Waals surface area contributed by atoms with Crippen molar-refractivity contribution in [1.82, 2.24) is 0 Å². The Bertz CT molecular complexity index is 626. The maximum Gasteiger partial charge on any atom is 0.303 e. The molecule has 0 aliphatic heterocycles. The predicted molar refractivity (Wildman–Crippen MR) is 145 cm³/mol. The molecular weight excluding hydrogens is 422 g/mol. The number of carboxylic acids is 1. The van der Waals surface area contributed by atoms with Gasteiger partial charge in [0.15, 0.2) is 5.78 Å². The average molecular weight is 474 g/mol. The van der Waals surface area contributed by atoms with E-state index >= 15 is 0 Å². The second kappa shape index (κ2) is 21.7. The Morgan fingerprint density at radius 1 is 0.618 bits per heavy atom. The molecule has 0 aliphatic rings. The van der Waals surface area contributed by atoms with Crippen LogP contribution < -0.4 is 5.32 Å². The number of hydrogen-bond donors (Lipinski definition) is 2. The number of Topliss-reactive ketones (excluding diaryl/α,β-unsaturated/α-hetero) is 1. The van der Waals surface area contributed by atoms with E-state index in [2.05, 4.69) is 12.2 Å². The molecule has 0 spiro atoms. The molecule has 4 heteroatoms. The Kier molecular flexibility index (Phi) is 19.2. The van der Waals surface area contributed by atoms with Crippen molar-refractivity contribution in [2.45, 2.75) is 135 Å². The van der Waals surface area contributed by atoms with Crippen molar-refractivity contribution < 1.29 is 14.7 Å². The van der Waals surface area contributed by atoms with Crippen LogP contribution in [-0.4, -0.2) is 23.4 Å². The van der Waals surface area contributed by atoms with Gasteiger partial charge in [-0.25, -0.2) is 0 Å². The van der Waals surface area contributed by atoms with E-state index in [9.17, 15) is 9.59 Å². The molecule has 0 aromatic heterocycles. The fourth-order valence-electron chi connectivity index (χ4n) is 4.40. The summed E-state index contributed by atoms with van der Waals surface area (Å²) in [5.41, 5.74) is 1.70. The van der Waals surface area contributed by atoms with E-state index in [0.29, 0.717) is 18.4 Å². The van der Waals surface area contributed by atoms with Gasteiger partial charge >= 0.3 is 5.97 Å². The van der Waals surface area contributed by atoms with Crippen LogP contribution in [0.4, 0.5) is 5.69 Å². The van der Waals surface area contributed by atoms with E-state index < -0.39 is 5.97 Å². The van der Waals surface area contributed by atoms with Gasteiger partial charge in [-0.3, -0.25) is 9.59 Å². The highest BCUT2D eigenvalue weighted by molar-refractivity contribution is 5.96. The molecule has 0 atom stereocenters. The molecule has 0 unspecified atom stereocenters. The molecule has 0 amide bonds. The minimum Gasteiger partial charge on any atom is -0.481 e. The van der Waals surface area contributed by atoms with Crippen molar-refractivity contribution in [1.29, 1.82) is 0 Å². The molecule has 1 rings (SSSR count). The fraction of sp³-hybridized carbons (Fsp3) is 0.733. The lowest BCUT2D eigenvalue weighted by Gasteiger charge is -2.07. The second-order valence-electron chi connectivity index (χ2n) is 9.83. The number of hydrogen-bond acceptors (Lipinski definition) is 3. The van der Waals surface area contributed by atoms with Gasteiger partial charge in [-0.05, 0) is 37.1 Å². The summed E-state index contributed by atoms with van der Waals surface area (Å²) in [6.45, 7) is 3.25. The molecule has 0 aliphatic carbocycles. The molecule has 0 saturated heterocycles. The summed E-state index contributed by atoms with van der Waals surface area (Å²) in [6, 6.07) is 7.55. The van der Waals surface area contributed by atoms with Crippen molar-refractivity contribution in [3.8, 4) is 0 Å². The number of aliphatic carboxylic acids is 1. The van der Waals surface area contributed by atoms with Crippen molar-refractivity contribution in [3.05, 3.63) is 29.8 Å². The Balaban J connectivity index is 1.88. The quantitative estimate of drug-likeness (QED) is 0.116. The summed E-state index contributed by atoms with van der Waals surface area (Å²) in [5.74, 6) is -0.836. The van der Waals surface area contributed by atoms with Crippen LogP contribution in [-0.2, 0) is 4.79 Å². The Morgan fingerprint density at radius 2 is 1.06 bits per heavy atom. The summed E-state index contributed by atoms with van der Waals surface area (Å²) in [7, 11) is 0. The number of rotatable bonds is 24. The van der Waals surface area contributed by atoms with E-state index in [1.807, 2.05) is 24.3 Å². The molecule has 4 nitrogen and oxygen atoms in total. The zero-order chi connectivity index (χ0) is 24.7. The summed E-state index contributed by atoms with van der Waals surface area (Å²) >= 11 is 0. The second-order valence-corrected chi connectivity index (χ2v) is 9.83. The van der Waals surface area contributed by atoms with Crippen molar-refractivity contribution in [3.63, 3.8) is 0 Å².